The Bertz CT molecular complexity index is 517. The number of aromatic carboxylic acids is 1. The minimum absolute atomic E-state index is 0.324. The van der Waals surface area contributed by atoms with Gasteiger partial charge in [-0.2, -0.15) is 0 Å². The first-order chi connectivity index (χ1) is 8.16. The number of aryl methyl sites for hydroxylation is 1. The molecule has 1 N–H and O–H groups in total. The van der Waals surface area contributed by atoms with Crippen LogP contribution in [0.25, 0.3) is 0 Å². The van der Waals surface area contributed by atoms with Gasteiger partial charge in [-0.25, -0.2) is 4.79 Å². The Hall–Kier alpha value is -1.68. The van der Waals surface area contributed by atoms with Gasteiger partial charge in [0, 0.05) is 4.90 Å². The molecule has 0 aliphatic rings. The van der Waals surface area contributed by atoms with E-state index in [-0.39, 0.29) is 0 Å². The summed E-state index contributed by atoms with van der Waals surface area (Å²) in [5.74, 6) is 0.771. The van der Waals surface area contributed by atoms with Crippen molar-refractivity contribution in [2.45, 2.75) is 17.6 Å². The van der Waals surface area contributed by atoms with E-state index in [1.54, 1.807) is 30.2 Å². The molecule has 17 heavy (non-hydrogen) atoms. The van der Waals surface area contributed by atoms with E-state index in [1.165, 1.54) is 0 Å². The molecule has 0 atom stereocenters. The Morgan fingerprint density at radius 1 is 1.41 bits per heavy atom. The number of hydrogen-bond acceptors (Lipinski definition) is 3. The van der Waals surface area contributed by atoms with Gasteiger partial charge in [-0.1, -0.05) is 0 Å². The maximum atomic E-state index is 10.8. The Morgan fingerprint density at radius 3 is 2.82 bits per heavy atom. The third-order valence-electron chi connectivity index (χ3n) is 2.37. The Kier molecular flexibility index (Phi) is 3.54. The number of hydrogen-bond donors (Lipinski definition) is 1. The van der Waals surface area contributed by atoms with Crippen LogP contribution in [0.5, 0.6) is 0 Å². The summed E-state index contributed by atoms with van der Waals surface area (Å²) in [4.78, 5) is 11.9. The molecule has 2 aromatic rings. The molecule has 0 radical (unpaired) electrons. The summed E-state index contributed by atoms with van der Waals surface area (Å²) in [7, 11) is 0. The molecule has 1 heterocycles. The van der Waals surface area contributed by atoms with Crippen molar-refractivity contribution in [3.05, 3.63) is 53.5 Å². The normalized spacial score (nSPS) is 10.4. The van der Waals surface area contributed by atoms with Gasteiger partial charge in [0.15, 0.2) is 0 Å². The van der Waals surface area contributed by atoms with Crippen LogP contribution in [-0.4, -0.2) is 11.1 Å². The molecule has 0 unspecified atom stereocenters. The first kappa shape index (κ1) is 11.8. The fourth-order valence-corrected chi connectivity index (χ4v) is 2.40. The van der Waals surface area contributed by atoms with Gasteiger partial charge >= 0.3 is 5.97 Å². The van der Waals surface area contributed by atoms with Gasteiger partial charge in [-0.15, -0.1) is 11.8 Å². The van der Waals surface area contributed by atoms with E-state index in [4.69, 9.17) is 9.52 Å². The van der Waals surface area contributed by atoms with Crippen LogP contribution in [0.4, 0.5) is 0 Å². The molecule has 0 aliphatic carbocycles. The summed E-state index contributed by atoms with van der Waals surface area (Å²) in [6, 6.07) is 8.93. The van der Waals surface area contributed by atoms with Crippen molar-refractivity contribution in [3.8, 4) is 0 Å². The van der Waals surface area contributed by atoms with E-state index in [0.717, 1.165) is 22.0 Å². The number of carbonyl (C=O) groups is 1. The van der Waals surface area contributed by atoms with E-state index < -0.39 is 5.97 Å². The maximum Gasteiger partial charge on any atom is 0.335 e. The molecule has 0 fully saturated rings. The number of furan rings is 1. The van der Waals surface area contributed by atoms with Crippen LogP contribution in [0.1, 0.15) is 21.7 Å². The topological polar surface area (TPSA) is 50.4 Å². The summed E-state index contributed by atoms with van der Waals surface area (Å²) < 4.78 is 5.24. The predicted molar refractivity (Wildman–Crippen MR) is 66.4 cm³/mol. The van der Waals surface area contributed by atoms with E-state index in [0.29, 0.717) is 5.56 Å². The fraction of sp³-hybridized carbons (Fsp3) is 0.154. The van der Waals surface area contributed by atoms with Gasteiger partial charge in [0.25, 0.3) is 0 Å². The molecule has 3 nitrogen and oxygen atoms in total. The highest BCUT2D eigenvalue weighted by atomic mass is 32.2. The van der Waals surface area contributed by atoms with Gasteiger partial charge in [0.05, 0.1) is 17.6 Å². The van der Waals surface area contributed by atoms with Crippen molar-refractivity contribution in [1.82, 2.24) is 0 Å². The largest absolute Gasteiger partial charge is 0.478 e. The Morgan fingerprint density at radius 2 is 2.24 bits per heavy atom. The SMILES string of the molecule is Cc1cc(C(=O)O)ccc1SCc1ccco1. The van der Waals surface area contributed by atoms with Gasteiger partial charge in [-0.05, 0) is 42.8 Å². The molecule has 0 aliphatic heterocycles. The van der Waals surface area contributed by atoms with Crippen LogP contribution in [-0.2, 0) is 5.75 Å². The molecule has 88 valence electrons. The van der Waals surface area contributed by atoms with Crippen molar-refractivity contribution >= 4 is 17.7 Å². The zero-order valence-corrected chi connectivity index (χ0v) is 10.2. The Labute approximate surface area is 103 Å². The lowest BCUT2D eigenvalue weighted by Gasteiger charge is -2.05. The molecule has 0 amide bonds. The number of thioether (sulfide) groups is 1. The lowest BCUT2D eigenvalue weighted by molar-refractivity contribution is 0.0696. The van der Waals surface area contributed by atoms with Gasteiger partial charge in [0.1, 0.15) is 5.76 Å². The number of benzene rings is 1. The number of carboxylic acids is 1. The molecule has 1 aromatic heterocycles. The molecule has 4 heteroatoms. The lowest BCUT2D eigenvalue weighted by atomic mass is 10.1. The number of rotatable bonds is 4. The quantitative estimate of drug-likeness (QED) is 0.840. The van der Waals surface area contributed by atoms with E-state index in [2.05, 4.69) is 0 Å². The van der Waals surface area contributed by atoms with E-state index in [9.17, 15) is 4.79 Å². The van der Waals surface area contributed by atoms with Crippen molar-refractivity contribution in [2.24, 2.45) is 0 Å². The van der Waals surface area contributed by atoms with Crippen LogP contribution in [0.2, 0.25) is 0 Å². The maximum absolute atomic E-state index is 10.8. The summed E-state index contributed by atoms with van der Waals surface area (Å²) in [6.07, 6.45) is 1.65. The van der Waals surface area contributed by atoms with Crippen LogP contribution in [0.3, 0.4) is 0 Å². The van der Waals surface area contributed by atoms with Crippen molar-refractivity contribution in [3.63, 3.8) is 0 Å². The van der Waals surface area contributed by atoms with Gasteiger partial charge in [0.2, 0.25) is 0 Å². The Balaban J connectivity index is 2.09. The minimum atomic E-state index is -0.893. The second-order valence-electron chi connectivity index (χ2n) is 3.65. The molecule has 1 aromatic carbocycles. The van der Waals surface area contributed by atoms with Crippen molar-refractivity contribution < 1.29 is 14.3 Å². The fourth-order valence-electron chi connectivity index (χ4n) is 1.49. The summed E-state index contributed by atoms with van der Waals surface area (Å²) in [6.45, 7) is 1.91. The molecular formula is C13H12O3S. The third-order valence-corrected chi connectivity index (χ3v) is 3.57. The summed E-state index contributed by atoms with van der Waals surface area (Å²) >= 11 is 1.64. The second kappa shape index (κ2) is 5.10. The number of carboxylic acid groups (broad SMARTS) is 1. The van der Waals surface area contributed by atoms with Crippen LogP contribution in [0.15, 0.2) is 45.9 Å². The summed E-state index contributed by atoms with van der Waals surface area (Å²) in [5, 5.41) is 8.86. The zero-order valence-electron chi connectivity index (χ0n) is 9.34. The molecule has 0 saturated heterocycles. The molecule has 2 rings (SSSR count). The highest BCUT2D eigenvalue weighted by Crippen LogP contribution is 2.26. The molecule has 0 bridgehead atoms. The van der Waals surface area contributed by atoms with Crippen molar-refractivity contribution in [1.29, 1.82) is 0 Å². The zero-order chi connectivity index (χ0) is 12.3. The minimum Gasteiger partial charge on any atom is -0.478 e. The average molecular weight is 248 g/mol. The summed E-state index contributed by atoms with van der Waals surface area (Å²) in [5.41, 5.74) is 1.30. The highest BCUT2D eigenvalue weighted by molar-refractivity contribution is 7.98. The molecule has 0 spiro atoms. The monoisotopic (exact) mass is 248 g/mol. The average Bonchev–Trinajstić information content (AvgIpc) is 2.80. The first-order valence-corrected chi connectivity index (χ1v) is 6.14. The highest BCUT2D eigenvalue weighted by Gasteiger charge is 2.06. The molecule has 0 saturated carbocycles. The van der Waals surface area contributed by atoms with E-state index in [1.807, 2.05) is 25.1 Å². The van der Waals surface area contributed by atoms with Gasteiger partial charge in [-0.3, -0.25) is 0 Å². The van der Waals surface area contributed by atoms with Crippen LogP contribution < -0.4 is 0 Å². The smallest absolute Gasteiger partial charge is 0.335 e. The van der Waals surface area contributed by atoms with E-state index >= 15 is 0 Å². The van der Waals surface area contributed by atoms with Crippen molar-refractivity contribution in [2.75, 3.05) is 0 Å². The third kappa shape index (κ3) is 2.91. The standard InChI is InChI=1S/C13H12O3S/c1-9-7-10(13(14)15)4-5-12(9)17-8-11-3-2-6-16-11/h2-7H,8H2,1H3,(H,14,15). The van der Waals surface area contributed by atoms with Gasteiger partial charge < -0.3 is 9.52 Å². The molecular weight excluding hydrogens is 236 g/mol. The van der Waals surface area contributed by atoms with Crippen LogP contribution >= 0.6 is 11.8 Å². The second-order valence-corrected chi connectivity index (χ2v) is 4.67. The first-order valence-electron chi connectivity index (χ1n) is 5.16. The van der Waals surface area contributed by atoms with Crippen LogP contribution in [0, 0.1) is 6.92 Å². The predicted octanol–water partition coefficient (Wildman–Crippen LogP) is 3.58. The lowest BCUT2D eigenvalue weighted by Crippen LogP contribution is -1.96.